The van der Waals surface area contributed by atoms with Crippen molar-refractivity contribution in [3.63, 3.8) is 0 Å². The van der Waals surface area contributed by atoms with Gasteiger partial charge in [-0.05, 0) is 41.7 Å². The summed E-state index contributed by atoms with van der Waals surface area (Å²) in [5, 5.41) is 0. The molecule has 0 fully saturated rings. The average molecular weight is 394 g/mol. The molecule has 3 aromatic rings. The third-order valence-electron chi connectivity index (χ3n) is 5.31. The Hall–Kier alpha value is -3.28. The van der Waals surface area contributed by atoms with Crippen LogP contribution in [0.5, 0.6) is 0 Å². The van der Waals surface area contributed by atoms with Crippen molar-refractivity contribution in [2.24, 2.45) is 0 Å². The Bertz CT molecular complexity index is 1140. The Morgan fingerprint density at radius 2 is 1.79 bits per heavy atom. The van der Waals surface area contributed by atoms with Crippen molar-refractivity contribution < 1.29 is 13.6 Å². The van der Waals surface area contributed by atoms with Crippen molar-refractivity contribution in [1.29, 1.82) is 0 Å². The Morgan fingerprint density at radius 1 is 1.03 bits per heavy atom. The molecule has 1 aliphatic heterocycles. The third kappa shape index (κ3) is 3.70. The van der Waals surface area contributed by atoms with Crippen molar-refractivity contribution >= 4 is 5.91 Å². The van der Waals surface area contributed by atoms with E-state index >= 15 is 0 Å². The van der Waals surface area contributed by atoms with Gasteiger partial charge in [-0.3, -0.25) is 9.59 Å². The quantitative estimate of drug-likeness (QED) is 0.680. The monoisotopic (exact) mass is 394 g/mol. The summed E-state index contributed by atoms with van der Waals surface area (Å²) in [7, 11) is 0. The summed E-state index contributed by atoms with van der Waals surface area (Å²) in [5.74, 6) is -2.66. The van der Waals surface area contributed by atoms with Gasteiger partial charge in [0.25, 0.3) is 11.5 Å². The Kier molecular flexibility index (Phi) is 5.01. The third-order valence-corrected chi connectivity index (χ3v) is 5.31. The second-order valence-corrected chi connectivity index (χ2v) is 7.31. The number of nitrogens with zero attached hydrogens (tertiary/aromatic N) is 2. The van der Waals surface area contributed by atoms with Crippen LogP contribution in [0.4, 0.5) is 8.78 Å². The molecule has 0 bridgehead atoms. The molecule has 0 unspecified atom stereocenters. The van der Waals surface area contributed by atoms with Crippen LogP contribution < -0.4 is 5.56 Å². The maximum absolute atomic E-state index is 14.3. The Labute approximate surface area is 167 Å². The highest BCUT2D eigenvalue weighted by molar-refractivity contribution is 5.94. The van der Waals surface area contributed by atoms with Crippen LogP contribution >= 0.6 is 0 Å². The summed E-state index contributed by atoms with van der Waals surface area (Å²) in [6.07, 6.45) is 2.26. The molecule has 1 aromatic heterocycles. The molecular formula is C23H20F2N2O2. The van der Waals surface area contributed by atoms with Gasteiger partial charge < -0.3 is 9.47 Å². The highest BCUT2D eigenvalue weighted by Crippen LogP contribution is 2.22. The van der Waals surface area contributed by atoms with Gasteiger partial charge in [0.15, 0.2) is 11.6 Å². The Balaban J connectivity index is 1.61. The van der Waals surface area contributed by atoms with Gasteiger partial charge in [-0.2, -0.15) is 0 Å². The number of hydrogen-bond donors (Lipinski definition) is 0. The molecule has 0 spiro atoms. The first-order valence-electron chi connectivity index (χ1n) is 9.44. The lowest BCUT2D eigenvalue weighted by molar-refractivity contribution is 0.0728. The second kappa shape index (κ2) is 7.62. The second-order valence-electron chi connectivity index (χ2n) is 7.31. The van der Waals surface area contributed by atoms with Gasteiger partial charge in [0.1, 0.15) is 0 Å². The van der Waals surface area contributed by atoms with Crippen LogP contribution in [0.2, 0.25) is 0 Å². The smallest absolute Gasteiger partial charge is 0.257 e. The van der Waals surface area contributed by atoms with Gasteiger partial charge in [0, 0.05) is 25.4 Å². The molecule has 148 valence electrons. The predicted octanol–water partition coefficient (Wildman–Crippen LogP) is 3.68. The van der Waals surface area contributed by atoms with Crippen LogP contribution in [0.25, 0.3) is 0 Å². The summed E-state index contributed by atoms with van der Waals surface area (Å²) in [6.45, 7) is 2.48. The van der Waals surface area contributed by atoms with Crippen molar-refractivity contribution in [2.45, 2.75) is 26.4 Å². The van der Waals surface area contributed by atoms with E-state index in [1.54, 1.807) is 16.8 Å². The van der Waals surface area contributed by atoms with Crippen LogP contribution in [0.15, 0.2) is 59.5 Å². The first kappa shape index (κ1) is 19.1. The topological polar surface area (TPSA) is 42.3 Å². The minimum absolute atomic E-state index is 0.0981. The number of fused-ring (bicyclic) bond motifs is 1. The van der Waals surface area contributed by atoms with E-state index in [4.69, 9.17) is 0 Å². The fourth-order valence-corrected chi connectivity index (χ4v) is 3.63. The predicted molar refractivity (Wildman–Crippen MR) is 106 cm³/mol. The number of hydrogen-bond acceptors (Lipinski definition) is 2. The number of amides is 1. The van der Waals surface area contributed by atoms with Crippen LogP contribution in [-0.2, 0) is 19.5 Å². The number of carbonyl (C=O) groups excluding carboxylic acids is 1. The number of rotatable bonds is 3. The molecule has 4 rings (SSSR count). The van der Waals surface area contributed by atoms with Gasteiger partial charge in [-0.1, -0.05) is 36.4 Å². The molecule has 2 heterocycles. The molecule has 1 aliphatic rings. The van der Waals surface area contributed by atoms with Gasteiger partial charge in [-0.25, -0.2) is 8.78 Å². The minimum atomic E-state index is -1.12. The standard InChI is InChI=1S/C23H20F2N2O2/c1-15-7-8-19(22(25)21(15)24)23(29)26-10-9-17-11-20(28)27(14-18(17)13-26)12-16-5-3-2-4-6-16/h2-8,11,14H,9-10,12-13H2,1H3. The molecule has 2 aromatic carbocycles. The average Bonchev–Trinajstić information content (AvgIpc) is 2.73. The molecule has 4 nitrogen and oxygen atoms in total. The van der Waals surface area contributed by atoms with E-state index < -0.39 is 17.5 Å². The van der Waals surface area contributed by atoms with E-state index in [1.165, 1.54) is 24.0 Å². The molecule has 0 saturated heterocycles. The molecule has 6 heteroatoms. The minimum Gasteiger partial charge on any atom is -0.334 e. The van der Waals surface area contributed by atoms with E-state index in [0.29, 0.717) is 19.5 Å². The van der Waals surface area contributed by atoms with Gasteiger partial charge in [0.2, 0.25) is 0 Å². The fraction of sp³-hybridized carbons (Fsp3) is 0.217. The van der Waals surface area contributed by atoms with Crippen molar-refractivity contribution in [1.82, 2.24) is 9.47 Å². The zero-order valence-electron chi connectivity index (χ0n) is 16.0. The van der Waals surface area contributed by atoms with Crippen LogP contribution in [0.3, 0.4) is 0 Å². The van der Waals surface area contributed by atoms with Crippen molar-refractivity contribution in [2.75, 3.05) is 6.54 Å². The lowest BCUT2D eigenvalue weighted by Crippen LogP contribution is -2.38. The number of halogens is 2. The summed E-state index contributed by atoms with van der Waals surface area (Å²) in [6, 6.07) is 13.9. The molecule has 0 saturated carbocycles. The van der Waals surface area contributed by atoms with E-state index in [1.807, 2.05) is 30.3 Å². The largest absolute Gasteiger partial charge is 0.334 e. The molecule has 0 N–H and O–H groups in total. The first-order valence-corrected chi connectivity index (χ1v) is 9.44. The fourth-order valence-electron chi connectivity index (χ4n) is 3.63. The van der Waals surface area contributed by atoms with Gasteiger partial charge in [0.05, 0.1) is 12.1 Å². The zero-order valence-corrected chi connectivity index (χ0v) is 16.0. The van der Waals surface area contributed by atoms with E-state index in [9.17, 15) is 18.4 Å². The molecule has 29 heavy (non-hydrogen) atoms. The highest BCUT2D eigenvalue weighted by Gasteiger charge is 2.26. The summed E-state index contributed by atoms with van der Waals surface area (Å²) in [4.78, 5) is 26.7. The van der Waals surface area contributed by atoms with E-state index in [0.717, 1.165) is 16.7 Å². The molecule has 0 aliphatic carbocycles. The van der Waals surface area contributed by atoms with E-state index in [-0.39, 0.29) is 23.2 Å². The number of aryl methyl sites for hydroxylation is 1. The van der Waals surface area contributed by atoms with Crippen LogP contribution in [-0.4, -0.2) is 21.9 Å². The lowest BCUT2D eigenvalue weighted by atomic mass is 10.0. The highest BCUT2D eigenvalue weighted by atomic mass is 19.2. The van der Waals surface area contributed by atoms with E-state index in [2.05, 4.69) is 0 Å². The number of benzene rings is 2. The molecular weight excluding hydrogens is 374 g/mol. The first-order chi connectivity index (χ1) is 13.9. The lowest BCUT2D eigenvalue weighted by Gasteiger charge is -2.29. The van der Waals surface area contributed by atoms with Crippen molar-refractivity contribution in [3.8, 4) is 0 Å². The number of pyridine rings is 1. The van der Waals surface area contributed by atoms with Crippen LogP contribution in [0, 0.1) is 18.6 Å². The normalized spacial score (nSPS) is 13.3. The Morgan fingerprint density at radius 3 is 2.55 bits per heavy atom. The zero-order chi connectivity index (χ0) is 20.5. The van der Waals surface area contributed by atoms with Gasteiger partial charge in [-0.15, -0.1) is 0 Å². The summed E-state index contributed by atoms with van der Waals surface area (Å²) < 4.78 is 29.7. The molecule has 1 amide bonds. The number of carbonyl (C=O) groups is 1. The maximum Gasteiger partial charge on any atom is 0.257 e. The SMILES string of the molecule is Cc1ccc(C(=O)N2CCc3cc(=O)n(Cc4ccccc4)cc3C2)c(F)c1F. The van der Waals surface area contributed by atoms with Gasteiger partial charge >= 0.3 is 0 Å². The molecule has 0 radical (unpaired) electrons. The summed E-state index contributed by atoms with van der Waals surface area (Å²) >= 11 is 0. The van der Waals surface area contributed by atoms with Crippen molar-refractivity contribution in [3.05, 3.63) is 105 Å². The number of aromatic nitrogens is 1. The summed E-state index contributed by atoms with van der Waals surface area (Å²) in [5.41, 5.74) is 2.52. The maximum atomic E-state index is 14.3. The van der Waals surface area contributed by atoms with Crippen LogP contribution in [0.1, 0.15) is 32.6 Å². The molecule has 0 atom stereocenters.